The zero-order chi connectivity index (χ0) is 13.1. The van der Waals surface area contributed by atoms with Crippen molar-refractivity contribution in [2.75, 3.05) is 0 Å². The number of para-hydroxylation sites is 1. The SMILES string of the molecule is NNC(c1cnsn1)c1ccnn1-c1ccccc1. The van der Waals surface area contributed by atoms with Gasteiger partial charge < -0.3 is 0 Å². The molecule has 7 heteroatoms. The summed E-state index contributed by atoms with van der Waals surface area (Å²) in [6, 6.07) is 11.6. The molecule has 0 bridgehead atoms. The maximum absolute atomic E-state index is 5.65. The average molecular weight is 272 g/mol. The van der Waals surface area contributed by atoms with Crippen LogP contribution in [-0.4, -0.2) is 18.5 Å². The van der Waals surface area contributed by atoms with Crippen LogP contribution in [0.5, 0.6) is 0 Å². The van der Waals surface area contributed by atoms with Crippen LogP contribution in [0, 0.1) is 0 Å². The van der Waals surface area contributed by atoms with E-state index < -0.39 is 0 Å². The summed E-state index contributed by atoms with van der Waals surface area (Å²) in [5.74, 6) is 5.65. The molecule has 0 saturated carbocycles. The van der Waals surface area contributed by atoms with Crippen molar-refractivity contribution in [1.29, 1.82) is 0 Å². The summed E-state index contributed by atoms with van der Waals surface area (Å²) in [7, 11) is 0. The van der Waals surface area contributed by atoms with Crippen LogP contribution in [0.1, 0.15) is 17.4 Å². The lowest BCUT2D eigenvalue weighted by atomic mass is 10.1. The van der Waals surface area contributed by atoms with Crippen molar-refractivity contribution in [2.24, 2.45) is 5.84 Å². The second-order valence-electron chi connectivity index (χ2n) is 3.94. The number of nitrogens with two attached hydrogens (primary N) is 1. The minimum atomic E-state index is -0.235. The Kier molecular flexibility index (Phi) is 3.32. The molecule has 6 nitrogen and oxygen atoms in total. The van der Waals surface area contributed by atoms with E-state index in [1.165, 1.54) is 0 Å². The number of benzene rings is 1. The highest BCUT2D eigenvalue weighted by Crippen LogP contribution is 2.22. The number of hydrazine groups is 1. The second-order valence-corrected chi connectivity index (χ2v) is 4.49. The van der Waals surface area contributed by atoms with Crippen molar-refractivity contribution in [1.82, 2.24) is 24.0 Å². The fraction of sp³-hybridized carbons (Fsp3) is 0.0833. The highest BCUT2D eigenvalue weighted by Gasteiger charge is 2.20. The molecule has 0 saturated heterocycles. The van der Waals surface area contributed by atoms with Gasteiger partial charge in [0, 0.05) is 6.20 Å². The summed E-state index contributed by atoms with van der Waals surface area (Å²) in [5, 5.41) is 4.34. The molecule has 3 aromatic rings. The smallest absolute Gasteiger partial charge is 0.108 e. The van der Waals surface area contributed by atoms with E-state index in [-0.39, 0.29) is 6.04 Å². The Morgan fingerprint density at radius 1 is 1.21 bits per heavy atom. The molecule has 0 aliphatic heterocycles. The van der Waals surface area contributed by atoms with Crippen molar-refractivity contribution in [3.8, 4) is 5.69 Å². The molecule has 3 rings (SSSR count). The van der Waals surface area contributed by atoms with Gasteiger partial charge in [-0.05, 0) is 18.2 Å². The lowest BCUT2D eigenvalue weighted by Gasteiger charge is -2.15. The number of hydrogen-bond acceptors (Lipinski definition) is 6. The highest BCUT2D eigenvalue weighted by molar-refractivity contribution is 6.99. The van der Waals surface area contributed by atoms with E-state index in [9.17, 15) is 0 Å². The standard InChI is InChI=1S/C12H12N6S/c13-16-12(10-8-15-19-17-10)11-6-7-14-18(11)9-4-2-1-3-5-9/h1-8,12,16H,13H2. The zero-order valence-corrected chi connectivity index (χ0v) is 10.8. The minimum Gasteiger partial charge on any atom is -0.270 e. The van der Waals surface area contributed by atoms with Crippen molar-refractivity contribution >= 4 is 11.7 Å². The van der Waals surface area contributed by atoms with Gasteiger partial charge in [0.05, 0.1) is 35.0 Å². The normalized spacial score (nSPS) is 12.5. The van der Waals surface area contributed by atoms with Gasteiger partial charge in [0.25, 0.3) is 0 Å². The summed E-state index contributed by atoms with van der Waals surface area (Å²) >= 11 is 1.16. The fourth-order valence-corrected chi connectivity index (χ4v) is 2.39. The van der Waals surface area contributed by atoms with Crippen molar-refractivity contribution in [2.45, 2.75) is 6.04 Å². The molecule has 2 heterocycles. The molecular weight excluding hydrogens is 260 g/mol. The predicted octanol–water partition coefficient (Wildman–Crippen LogP) is 1.28. The third kappa shape index (κ3) is 2.26. The third-order valence-corrected chi connectivity index (χ3v) is 3.30. The van der Waals surface area contributed by atoms with Crippen LogP contribution in [-0.2, 0) is 0 Å². The summed E-state index contributed by atoms with van der Waals surface area (Å²) in [6.07, 6.45) is 3.45. The Morgan fingerprint density at radius 2 is 2.05 bits per heavy atom. The molecule has 1 unspecified atom stereocenters. The van der Waals surface area contributed by atoms with Crippen LogP contribution in [0.2, 0.25) is 0 Å². The van der Waals surface area contributed by atoms with Gasteiger partial charge in [-0.2, -0.15) is 13.8 Å². The topological polar surface area (TPSA) is 81.7 Å². The predicted molar refractivity (Wildman–Crippen MR) is 72.6 cm³/mol. The minimum absolute atomic E-state index is 0.235. The monoisotopic (exact) mass is 272 g/mol. The van der Waals surface area contributed by atoms with Gasteiger partial charge in [-0.15, -0.1) is 0 Å². The molecule has 3 N–H and O–H groups in total. The Bertz CT molecular complexity index is 633. The quantitative estimate of drug-likeness (QED) is 0.552. The lowest BCUT2D eigenvalue weighted by molar-refractivity contribution is 0.588. The molecule has 96 valence electrons. The van der Waals surface area contributed by atoms with Gasteiger partial charge in [0.2, 0.25) is 0 Å². The summed E-state index contributed by atoms with van der Waals surface area (Å²) in [6.45, 7) is 0. The number of nitrogens with zero attached hydrogens (tertiary/aromatic N) is 4. The second kappa shape index (κ2) is 5.27. The largest absolute Gasteiger partial charge is 0.270 e. The Labute approximate surface area is 114 Å². The molecule has 0 fully saturated rings. The van der Waals surface area contributed by atoms with Crippen LogP contribution in [0.4, 0.5) is 0 Å². The maximum atomic E-state index is 5.65. The van der Waals surface area contributed by atoms with E-state index in [0.29, 0.717) is 0 Å². The van der Waals surface area contributed by atoms with E-state index in [4.69, 9.17) is 5.84 Å². The van der Waals surface area contributed by atoms with Gasteiger partial charge >= 0.3 is 0 Å². The fourth-order valence-electron chi connectivity index (χ4n) is 1.94. The molecule has 19 heavy (non-hydrogen) atoms. The molecule has 1 atom stereocenters. The Hall–Kier alpha value is -2.09. The van der Waals surface area contributed by atoms with Crippen molar-refractivity contribution in [3.63, 3.8) is 0 Å². The summed E-state index contributed by atoms with van der Waals surface area (Å²) in [5.41, 5.74) is 5.44. The summed E-state index contributed by atoms with van der Waals surface area (Å²) < 4.78 is 10.1. The van der Waals surface area contributed by atoms with E-state index >= 15 is 0 Å². The molecular formula is C12H12N6S. The molecule has 0 spiro atoms. The van der Waals surface area contributed by atoms with Crippen LogP contribution < -0.4 is 11.3 Å². The van der Waals surface area contributed by atoms with Crippen molar-refractivity contribution < 1.29 is 0 Å². The summed E-state index contributed by atoms with van der Waals surface area (Å²) in [4.78, 5) is 0. The van der Waals surface area contributed by atoms with E-state index in [2.05, 4.69) is 19.3 Å². The van der Waals surface area contributed by atoms with Gasteiger partial charge in [-0.25, -0.2) is 10.1 Å². The van der Waals surface area contributed by atoms with Gasteiger partial charge in [-0.1, -0.05) is 18.2 Å². The molecule has 0 aliphatic carbocycles. The number of rotatable bonds is 4. The van der Waals surface area contributed by atoms with Crippen LogP contribution in [0.25, 0.3) is 5.69 Å². The first kappa shape index (κ1) is 12.0. The van der Waals surface area contributed by atoms with E-state index in [1.54, 1.807) is 12.4 Å². The molecule has 0 radical (unpaired) electrons. The van der Waals surface area contributed by atoms with Crippen molar-refractivity contribution in [3.05, 3.63) is 60.2 Å². The average Bonchev–Trinajstić information content (AvgIpc) is 3.12. The van der Waals surface area contributed by atoms with Crippen LogP contribution in [0.3, 0.4) is 0 Å². The Balaban J connectivity index is 2.04. The number of nitrogens with one attached hydrogen (secondary N) is 1. The lowest BCUT2D eigenvalue weighted by Crippen LogP contribution is -2.30. The maximum Gasteiger partial charge on any atom is 0.108 e. The Morgan fingerprint density at radius 3 is 2.74 bits per heavy atom. The zero-order valence-electron chi connectivity index (χ0n) is 9.97. The first-order valence-electron chi connectivity index (χ1n) is 5.73. The molecule has 2 aromatic heterocycles. The number of hydrogen-bond donors (Lipinski definition) is 2. The van der Waals surface area contributed by atoms with Gasteiger partial charge in [0.15, 0.2) is 0 Å². The highest BCUT2D eigenvalue weighted by atomic mass is 32.1. The number of aromatic nitrogens is 4. The third-order valence-electron chi connectivity index (χ3n) is 2.81. The van der Waals surface area contributed by atoms with Gasteiger partial charge in [0.1, 0.15) is 6.04 Å². The molecule has 0 aliphatic rings. The van der Waals surface area contributed by atoms with E-state index in [0.717, 1.165) is 28.8 Å². The van der Waals surface area contributed by atoms with Crippen LogP contribution in [0.15, 0.2) is 48.8 Å². The first-order valence-corrected chi connectivity index (χ1v) is 6.46. The van der Waals surface area contributed by atoms with E-state index in [1.807, 2.05) is 41.1 Å². The van der Waals surface area contributed by atoms with Gasteiger partial charge in [-0.3, -0.25) is 5.84 Å². The molecule has 0 amide bonds. The molecule has 1 aromatic carbocycles. The van der Waals surface area contributed by atoms with Crippen LogP contribution >= 0.6 is 11.7 Å². The first-order chi connectivity index (χ1) is 9.40.